The number of furan rings is 1. The van der Waals surface area contributed by atoms with Gasteiger partial charge in [-0.3, -0.25) is 9.59 Å². The van der Waals surface area contributed by atoms with E-state index in [4.69, 9.17) is 4.42 Å². The van der Waals surface area contributed by atoms with Crippen molar-refractivity contribution in [3.8, 4) is 0 Å². The number of carbonyl (C=O) groups excluding carboxylic acids is 2. The van der Waals surface area contributed by atoms with Crippen molar-refractivity contribution >= 4 is 22.8 Å². The number of fused-ring (bicyclic) bond motifs is 1. The fourth-order valence-electron chi connectivity index (χ4n) is 4.48. The number of piperidine rings is 1. The van der Waals surface area contributed by atoms with E-state index in [9.17, 15) is 9.59 Å². The highest BCUT2D eigenvalue weighted by molar-refractivity contribution is 5.99. The number of nitrogens with zero attached hydrogens (tertiary/aromatic N) is 2. The molecule has 5 heteroatoms. The Morgan fingerprint density at radius 2 is 2.04 bits per heavy atom. The molecule has 3 heterocycles. The molecule has 4 rings (SSSR count). The van der Waals surface area contributed by atoms with Crippen molar-refractivity contribution in [2.75, 3.05) is 19.6 Å². The molecule has 27 heavy (non-hydrogen) atoms. The summed E-state index contributed by atoms with van der Waals surface area (Å²) >= 11 is 0. The summed E-state index contributed by atoms with van der Waals surface area (Å²) in [5.74, 6) is 0.728. The topological polar surface area (TPSA) is 53.8 Å². The SMILES string of the molecule is Cc1ccc2oc(C(=O)N3CCCC[C@@H]3CCN3CCCC3=O)c(C)c2c1. The minimum atomic E-state index is -0.00111. The molecule has 5 nitrogen and oxygen atoms in total. The highest BCUT2D eigenvalue weighted by Crippen LogP contribution is 2.30. The van der Waals surface area contributed by atoms with Gasteiger partial charge in [0.1, 0.15) is 5.58 Å². The van der Waals surface area contributed by atoms with Crippen molar-refractivity contribution < 1.29 is 14.0 Å². The maximum Gasteiger partial charge on any atom is 0.290 e. The zero-order chi connectivity index (χ0) is 19.0. The molecule has 1 aromatic heterocycles. The van der Waals surface area contributed by atoms with E-state index < -0.39 is 0 Å². The first kappa shape index (κ1) is 18.1. The lowest BCUT2D eigenvalue weighted by Crippen LogP contribution is -2.45. The summed E-state index contributed by atoms with van der Waals surface area (Å²) < 4.78 is 5.96. The van der Waals surface area contributed by atoms with Gasteiger partial charge in [-0.1, -0.05) is 11.6 Å². The average Bonchev–Trinajstić information content (AvgIpc) is 3.23. The molecule has 144 valence electrons. The smallest absolute Gasteiger partial charge is 0.290 e. The van der Waals surface area contributed by atoms with Crippen molar-refractivity contribution in [2.45, 2.75) is 58.4 Å². The Bertz CT molecular complexity index is 870. The number of likely N-dealkylation sites (tertiary alicyclic amines) is 2. The Labute approximate surface area is 160 Å². The van der Waals surface area contributed by atoms with Crippen LogP contribution in [0.25, 0.3) is 11.0 Å². The van der Waals surface area contributed by atoms with E-state index in [1.54, 1.807) is 0 Å². The lowest BCUT2D eigenvalue weighted by atomic mass is 9.98. The number of carbonyl (C=O) groups is 2. The van der Waals surface area contributed by atoms with Gasteiger partial charge in [0.25, 0.3) is 5.91 Å². The monoisotopic (exact) mass is 368 g/mol. The molecule has 0 radical (unpaired) electrons. The summed E-state index contributed by atoms with van der Waals surface area (Å²) in [5, 5.41) is 1.02. The highest BCUT2D eigenvalue weighted by atomic mass is 16.3. The second-order valence-corrected chi connectivity index (χ2v) is 7.98. The van der Waals surface area contributed by atoms with Crippen LogP contribution in [0.1, 0.15) is 60.2 Å². The zero-order valence-corrected chi connectivity index (χ0v) is 16.3. The first-order chi connectivity index (χ1) is 13.0. The van der Waals surface area contributed by atoms with Gasteiger partial charge in [-0.25, -0.2) is 0 Å². The van der Waals surface area contributed by atoms with Gasteiger partial charge >= 0.3 is 0 Å². The molecule has 0 unspecified atom stereocenters. The summed E-state index contributed by atoms with van der Waals surface area (Å²) in [7, 11) is 0. The van der Waals surface area contributed by atoms with Crippen LogP contribution in [0.15, 0.2) is 22.6 Å². The van der Waals surface area contributed by atoms with E-state index in [0.29, 0.717) is 12.2 Å². The van der Waals surface area contributed by atoms with Crippen LogP contribution in [0.5, 0.6) is 0 Å². The maximum absolute atomic E-state index is 13.3. The largest absolute Gasteiger partial charge is 0.451 e. The Morgan fingerprint density at radius 1 is 1.19 bits per heavy atom. The Kier molecular flexibility index (Phi) is 4.94. The van der Waals surface area contributed by atoms with Gasteiger partial charge < -0.3 is 14.2 Å². The molecule has 0 saturated carbocycles. The predicted octanol–water partition coefficient (Wildman–Crippen LogP) is 4.06. The van der Waals surface area contributed by atoms with Gasteiger partial charge in [-0.15, -0.1) is 0 Å². The molecule has 2 aliphatic rings. The Balaban J connectivity index is 1.53. The molecule has 2 saturated heterocycles. The second kappa shape index (κ2) is 7.37. The van der Waals surface area contributed by atoms with E-state index in [-0.39, 0.29) is 17.9 Å². The third-order valence-electron chi connectivity index (χ3n) is 6.08. The van der Waals surface area contributed by atoms with Gasteiger partial charge in [0, 0.05) is 43.0 Å². The number of hydrogen-bond acceptors (Lipinski definition) is 3. The third kappa shape index (κ3) is 3.47. The number of aryl methyl sites for hydroxylation is 2. The van der Waals surface area contributed by atoms with Crippen molar-refractivity contribution in [1.29, 1.82) is 0 Å². The van der Waals surface area contributed by atoms with E-state index in [2.05, 4.69) is 6.07 Å². The summed E-state index contributed by atoms with van der Waals surface area (Å²) in [4.78, 5) is 29.1. The molecule has 0 bridgehead atoms. The molecule has 2 aliphatic heterocycles. The lowest BCUT2D eigenvalue weighted by molar-refractivity contribution is -0.127. The normalized spacial score (nSPS) is 20.7. The number of hydrogen-bond donors (Lipinski definition) is 0. The summed E-state index contributed by atoms with van der Waals surface area (Å²) in [6.45, 7) is 6.41. The number of benzene rings is 1. The molecule has 2 fully saturated rings. The maximum atomic E-state index is 13.3. The molecule has 0 spiro atoms. The van der Waals surface area contributed by atoms with E-state index >= 15 is 0 Å². The van der Waals surface area contributed by atoms with Gasteiger partial charge in [-0.05, 0) is 58.1 Å². The summed E-state index contributed by atoms with van der Waals surface area (Å²) in [6.07, 6.45) is 5.67. The molecule has 0 N–H and O–H groups in total. The molecule has 2 amide bonds. The fraction of sp³-hybridized carbons (Fsp3) is 0.545. The molecular weight excluding hydrogens is 340 g/mol. The lowest BCUT2D eigenvalue weighted by Gasteiger charge is -2.36. The van der Waals surface area contributed by atoms with E-state index in [1.807, 2.05) is 35.8 Å². The predicted molar refractivity (Wildman–Crippen MR) is 105 cm³/mol. The van der Waals surface area contributed by atoms with E-state index in [0.717, 1.165) is 73.8 Å². The van der Waals surface area contributed by atoms with Crippen LogP contribution in [0.4, 0.5) is 0 Å². The van der Waals surface area contributed by atoms with Crippen molar-refractivity contribution in [3.05, 3.63) is 35.1 Å². The third-order valence-corrected chi connectivity index (χ3v) is 6.08. The van der Waals surface area contributed by atoms with Crippen molar-refractivity contribution in [1.82, 2.24) is 9.80 Å². The Morgan fingerprint density at radius 3 is 2.81 bits per heavy atom. The molecule has 2 aromatic rings. The quantitative estimate of drug-likeness (QED) is 0.818. The minimum absolute atomic E-state index is 0.00111. The molecule has 1 aromatic carbocycles. The summed E-state index contributed by atoms with van der Waals surface area (Å²) in [5.41, 5.74) is 2.87. The van der Waals surface area contributed by atoms with Crippen LogP contribution in [0, 0.1) is 13.8 Å². The molecular formula is C22H28N2O3. The first-order valence-corrected chi connectivity index (χ1v) is 10.1. The average molecular weight is 368 g/mol. The van der Waals surface area contributed by atoms with Crippen LogP contribution in [0.2, 0.25) is 0 Å². The van der Waals surface area contributed by atoms with Gasteiger partial charge in [0.2, 0.25) is 5.91 Å². The van der Waals surface area contributed by atoms with E-state index in [1.165, 1.54) is 0 Å². The van der Waals surface area contributed by atoms with Crippen LogP contribution >= 0.6 is 0 Å². The van der Waals surface area contributed by atoms with Gasteiger partial charge in [-0.2, -0.15) is 0 Å². The zero-order valence-electron chi connectivity index (χ0n) is 16.3. The Hall–Kier alpha value is -2.30. The molecule has 1 atom stereocenters. The van der Waals surface area contributed by atoms with Crippen LogP contribution in [0.3, 0.4) is 0 Å². The second-order valence-electron chi connectivity index (χ2n) is 7.98. The highest BCUT2D eigenvalue weighted by Gasteiger charge is 2.32. The number of rotatable bonds is 4. The van der Waals surface area contributed by atoms with Crippen LogP contribution in [-0.2, 0) is 4.79 Å². The standard InChI is InChI=1S/C22H28N2O3/c1-15-8-9-19-18(14-15)16(2)21(27-19)22(26)24-12-4-3-6-17(24)10-13-23-11-5-7-20(23)25/h8-9,14,17H,3-7,10-13H2,1-2H3/t17-/m1/s1. The fourth-order valence-corrected chi connectivity index (χ4v) is 4.48. The minimum Gasteiger partial charge on any atom is -0.451 e. The van der Waals surface area contributed by atoms with Crippen molar-refractivity contribution in [3.63, 3.8) is 0 Å². The first-order valence-electron chi connectivity index (χ1n) is 10.1. The molecule has 0 aliphatic carbocycles. The summed E-state index contributed by atoms with van der Waals surface area (Å²) in [6, 6.07) is 6.23. The van der Waals surface area contributed by atoms with Gasteiger partial charge in [0.05, 0.1) is 0 Å². The number of amides is 2. The van der Waals surface area contributed by atoms with Crippen LogP contribution in [-0.4, -0.2) is 47.3 Å². The van der Waals surface area contributed by atoms with Gasteiger partial charge in [0.15, 0.2) is 5.76 Å². The van der Waals surface area contributed by atoms with Crippen LogP contribution < -0.4 is 0 Å². The van der Waals surface area contributed by atoms with Crippen molar-refractivity contribution in [2.24, 2.45) is 0 Å².